The third-order valence-corrected chi connectivity index (χ3v) is 4.70. The van der Waals surface area contributed by atoms with Crippen LogP contribution in [0.1, 0.15) is 38.3 Å². The fourth-order valence-corrected chi connectivity index (χ4v) is 3.17. The van der Waals surface area contributed by atoms with Crippen LogP contribution in [0.2, 0.25) is 0 Å². The second-order valence-corrected chi connectivity index (χ2v) is 7.89. The summed E-state index contributed by atoms with van der Waals surface area (Å²) in [7, 11) is 0. The molecule has 0 aliphatic carbocycles. The van der Waals surface area contributed by atoms with Crippen molar-refractivity contribution in [1.82, 2.24) is 10.6 Å². The fraction of sp³-hybridized carbons (Fsp3) is 0.400. The van der Waals surface area contributed by atoms with Crippen LogP contribution in [0.5, 0.6) is 0 Å². The smallest absolute Gasteiger partial charge is 0.408 e. The van der Waals surface area contributed by atoms with Gasteiger partial charge in [0, 0.05) is 6.42 Å². The van der Waals surface area contributed by atoms with Crippen LogP contribution in [0, 0.1) is 5.92 Å². The van der Waals surface area contributed by atoms with Crippen LogP contribution >= 0.6 is 0 Å². The Morgan fingerprint density at radius 3 is 1.97 bits per heavy atom. The summed E-state index contributed by atoms with van der Waals surface area (Å²) in [5, 5.41) is 5.38. The van der Waals surface area contributed by atoms with Crippen molar-refractivity contribution >= 4 is 18.0 Å². The normalized spacial score (nSPS) is 12.5. The van der Waals surface area contributed by atoms with Crippen molar-refractivity contribution in [2.45, 2.75) is 52.3 Å². The highest BCUT2D eigenvalue weighted by molar-refractivity contribution is 5.89. The van der Waals surface area contributed by atoms with Gasteiger partial charge in [0.2, 0.25) is 5.91 Å². The van der Waals surface area contributed by atoms with E-state index in [0.29, 0.717) is 6.42 Å². The molecule has 0 spiro atoms. The Morgan fingerprint density at radius 2 is 1.41 bits per heavy atom. The largest absolute Gasteiger partial charge is 0.464 e. The number of ether oxygens (including phenoxy) is 2. The number of nitrogens with one attached hydrogen (secondary N) is 2. The highest BCUT2D eigenvalue weighted by atomic mass is 16.5. The summed E-state index contributed by atoms with van der Waals surface area (Å²) in [6, 6.07) is 16.9. The number of hydrogen-bond donors (Lipinski definition) is 2. The van der Waals surface area contributed by atoms with E-state index in [0.717, 1.165) is 11.1 Å². The van der Waals surface area contributed by atoms with Crippen molar-refractivity contribution in [1.29, 1.82) is 0 Å². The molecule has 7 nitrogen and oxygen atoms in total. The topological polar surface area (TPSA) is 93.7 Å². The van der Waals surface area contributed by atoms with Gasteiger partial charge in [-0.25, -0.2) is 9.59 Å². The second kappa shape index (κ2) is 13.1. The Morgan fingerprint density at radius 1 is 0.812 bits per heavy atom. The molecule has 0 saturated carbocycles. The minimum absolute atomic E-state index is 0.0994. The van der Waals surface area contributed by atoms with E-state index in [1.165, 1.54) is 0 Å². The molecule has 0 fully saturated rings. The lowest BCUT2D eigenvalue weighted by Gasteiger charge is -2.23. The summed E-state index contributed by atoms with van der Waals surface area (Å²) < 4.78 is 10.4. The maximum Gasteiger partial charge on any atom is 0.408 e. The molecule has 0 aliphatic heterocycles. The molecule has 0 saturated heterocycles. The Hall–Kier alpha value is -3.35. The minimum atomic E-state index is -0.860. The molecule has 2 aromatic carbocycles. The van der Waals surface area contributed by atoms with Gasteiger partial charge in [0.05, 0.1) is 6.61 Å². The van der Waals surface area contributed by atoms with Crippen molar-refractivity contribution in [3.8, 4) is 0 Å². The van der Waals surface area contributed by atoms with Gasteiger partial charge in [-0.3, -0.25) is 4.79 Å². The molecule has 2 atom stereocenters. The lowest BCUT2D eigenvalue weighted by atomic mass is 10.0. The van der Waals surface area contributed by atoms with Crippen molar-refractivity contribution in [2.75, 3.05) is 6.61 Å². The van der Waals surface area contributed by atoms with Gasteiger partial charge in [-0.05, 0) is 30.4 Å². The lowest BCUT2D eigenvalue weighted by Crippen LogP contribution is -2.53. The number of esters is 1. The molecule has 2 rings (SSSR count). The summed E-state index contributed by atoms with van der Waals surface area (Å²) in [4.78, 5) is 37.8. The van der Waals surface area contributed by atoms with E-state index < -0.39 is 30.1 Å². The van der Waals surface area contributed by atoms with Gasteiger partial charge in [0.1, 0.15) is 18.7 Å². The van der Waals surface area contributed by atoms with Gasteiger partial charge in [-0.15, -0.1) is 0 Å². The summed E-state index contributed by atoms with van der Waals surface area (Å²) in [5.74, 6) is -0.834. The first kappa shape index (κ1) is 24.9. The zero-order chi connectivity index (χ0) is 23.3. The van der Waals surface area contributed by atoms with Crippen LogP contribution in [0.15, 0.2) is 60.7 Å². The fourth-order valence-electron chi connectivity index (χ4n) is 3.17. The monoisotopic (exact) mass is 440 g/mol. The first-order chi connectivity index (χ1) is 15.4. The molecule has 2 amide bonds. The predicted octanol–water partition coefficient (Wildman–Crippen LogP) is 3.62. The number of alkyl carbamates (subject to hydrolysis) is 1. The van der Waals surface area contributed by atoms with Gasteiger partial charge >= 0.3 is 12.1 Å². The number of amides is 2. The van der Waals surface area contributed by atoms with Crippen LogP contribution in [0.4, 0.5) is 4.79 Å². The van der Waals surface area contributed by atoms with Crippen LogP contribution in [-0.4, -0.2) is 36.7 Å². The van der Waals surface area contributed by atoms with Gasteiger partial charge in [0.25, 0.3) is 0 Å². The SMILES string of the molecule is CCOC(=O)[C@H](Cc1ccccc1)NC(=O)[C@H](CC(C)C)NC(=O)OCc1ccccc1. The zero-order valence-corrected chi connectivity index (χ0v) is 18.9. The highest BCUT2D eigenvalue weighted by Gasteiger charge is 2.28. The molecule has 0 aromatic heterocycles. The van der Waals surface area contributed by atoms with Crippen molar-refractivity contribution < 1.29 is 23.9 Å². The molecule has 7 heteroatoms. The average Bonchev–Trinajstić information content (AvgIpc) is 2.78. The van der Waals surface area contributed by atoms with Crippen molar-refractivity contribution in [3.05, 3.63) is 71.8 Å². The number of benzene rings is 2. The minimum Gasteiger partial charge on any atom is -0.464 e. The van der Waals surface area contributed by atoms with E-state index in [1.807, 2.05) is 74.5 Å². The first-order valence-corrected chi connectivity index (χ1v) is 10.9. The number of rotatable bonds is 11. The molecule has 0 bridgehead atoms. The van der Waals surface area contributed by atoms with Gasteiger partial charge in [0.15, 0.2) is 0 Å². The van der Waals surface area contributed by atoms with E-state index in [2.05, 4.69) is 10.6 Å². The summed E-state index contributed by atoms with van der Waals surface area (Å²) >= 11 is 0. The van der Waals surface area contributed by atoms with E-state index >= 15 is 0 Å². The van der Waals surface area contributed by atoms with E-state index in [-0.39, 0.29) is 25.6 Å². The summed E-state index contributed by atoms with van der Waals surface area (Å²) in [5.41, 5.74) is 1.74. The van der Waals surface area contributed by atoms with Crippen molar-refractivity contribution in [3.63, 3.8) is 0 Å². The second-order valence-electron chi connectivity index (χ2n) is 7.89. The third kappa shape index (κ3) is 8.79. The molecule has 0 aliphatic rings. The van der Waals surface area contributed by atoms with Crippen LogP contribution in [0.3, 0.4) is 0 Å². The number of carbonyl (C=O) groups is 3. The number of hydrogen-bond acceptors (Lipinski definition) is 5. The van der Waals surface area contributed by atoms with Crippen molar-refractivity contribution in [2.24, 2.45) is 5.92 Å². The third-order valence-electron chi connectivity index (χ3n) is 4.70. The van der Waals surface area contributed by atoms with Gasteiger partial charge in [-0.1, -0.05) is 74.5 Å². The van der Waals surface area contributed by atoms with Gasteiger partial charge in [-0.2, -0.15) is 0 Å². The molecule has 0 heterocycles. The molecule has 32 heavy (non-hydrogen) atoms. The first-order valence-electron chi connectivity index (χ1n) is 10.9. The van der Waals surface area contributed by atoms with Gasteiger partial charge < -0.3 is 20.1 Å². The highest BCUT2D eigenvalue weighted by Crippen LogP contribution is 2.09. The van der Waals surface area contributed by atoms with Crippen LogP contribution in [-0.2, 0) is 32.1 Å². The Labute approximate surface area is 189 Å². The van der Waals surface area contributed by atoms with Crippen LogP contribution < -0.4 is 10.6 Å². The lowest BCUT2D eigenvalue weighted by molar-refractivity contribution is -0.147. The summed E-state index contributed by atoms with van der Waals surface area (Å²) in [6.07, 6.45) is -0.00352. The average molecular weight is 441 g/mol. The predicted molar refractivity (Wildman–Crippen MR) is 122 cm³/mol. The maximum absolute atomic E-state index is 13.0. The summed E-state index contributed by atoms with van der Waals surface area (Å²) in [6.45, 7) is 5.92. The van der Waals surface area contributed by atoms with E-state index in [9.17, 15) is 14.4 Å². The zero-order valence-electron chi connectivity index (χ0n) is 18.9. The Kier molecular flexibility index (Phi) is 10.2. The molecule has 2 N–H and O–H groups in total. The molecule has 0 radical (unpaired) electrons. The Balaban J connectivity index is 2.03. The maximum atomic E-state index is 13.0. The molecular formula is C25H32N2O5. The number of carbonyl (C=O) groups excluding carboxylic acids is 3. The molecule has 2 aromatic rings. The van der Waals surface area contributed by atoms with E-state index in [4.69, 9.17) is 9.47 Å². The van der Waals surface area contributed by atoms with E-state index in [1.54, 1.807) is 6.92 Å². The van der Waals surface area contributed by atoms with Crippen LogP contribution in [0.25, 0.3) is 0 Å². The molecule has 0 unspecified atom stereocenters. The standard InChI is InChI=1S/C25H32N2O5/c1-4-31-24(29)22(16-19-11-7-5-8-12-19)26-23(28)21(15-18(2)3)27-25(30)32-17-20-13-9-6-10-14-20/h5-14,18,21-22H,4,15-17H2,1-3H3,(H,26,28)(H,27,30)/t21-,22-/m0/s1. The molecule has 172 valence electrons. The molecular weight excluding hydrogens is 408 g/mol. The Bertz CT molecular complexity index is 855. The quantitative estimate of drug-likeness (QED) is 0.521.